The van der Waals surface area contributed by atoms with E-state index in [0.717, 1.165) is 11.4 Å². The van der Waals surface area contributed by atoms with Gasteiger partial charge in [0.1, 0.15) is 5.75 Å². The van der Waals surface area contributed by atoms with Gasteiger partial charge in [0.2, 0.25) is 5.91 Å². The normalized spacial score (nSPS) is 10.8. The topological polar surface area (TPSA) is 76.1 Å². The van der Waals surface area contributed by atoms with E-state index >= 15 is 0 Å². The van der Waals surface area contributed by atoms with Crippen molar-refractivity contribution in [1.82, 2.24) is 10.2 Å². The number of para-hydroxylation sites is 2. The van der Waals surface area contributed by atoms with Gasteiger partial charge in [0.05, 0.1) is 11.8 Å². The number of nitrogens with one attached hydrogen (secondary N) is 2. The average Bonchev–Trinajstić information content (AvgIpc) is 2.50. The van der Waals surface area contributed by atoms with Crippen LogP contribution in [0.4, 0.5) is 17.3 Å². The first-order chi connectivity index (χ1) is 11.4. The minimum atomic E-state index is -0.0595. The van der Waals surface area contributed by atoms with Crippen LogP contribution in [0.5, 0.6) is 5.75 Å². The molecule has 6 heteroatoms. The zero-order valence-electron chi connectivity index (χ0n) is 14.5. The predicted molar refractivity (Wildman–Crippen MR) is 95.6 cm³/mol. The fourth-order valence-corrected chi connectivity index (χ4v) is 2.09. The molecule has 0 saturated heterocycles. The van der Waals surface area contributed by atoms with Crippen molar-refractivity contribution in [1.29, 1.82) is 0 Å². The number of carbonyl (C=O) groups excluding carboxylic acids is 1. The first-order valence-corrected chi connectivity index (χ1v) is 8.10. The summed E-state index contributed by atoms with van der Waals surface area (Å²) < 4.78 is 5.76. The molecule has 0 aliphatic carbocycles. The summed E-state index contributed by atoms with van der Waals surface area (Å²) in [4.78, 5) is 11.7. The fraction of sp³-hybridized carbons (Fsp3) is 0.389. The van der Waals surface area contributed by atoms with E-state index < -0.39 is 0 Å². The van der Waals surface area contributed by atoms with Crippen molar-refractivity contribution in [2.45, 2.75) is 40.2 Å². The third kappa shape index (κ3) is 5.53. The second-order valence-electron chi connectivity index (χ2n) is 6.24. The van der Waals surface area contributed by atoms with E-state index in [1.807, 2.05) is 52.0 Å². The van der Waals surface area contributed by atoms with E-state index in [4.69, 9.17) is 4.74 Å². The molecule has 0 aliphatic heterocycles. The number of hydrogen-bond acceptors (Lipinski definition) is 5. The van der Waals surface area contributed by atoms with Crippen LogP contribution in [0.3, 0.4) is 0 Å². The lowest BCUT2D eigenvalue weighted by Crippen LogP contribution is -2.15. The van der Waals surface area contributed by atoms with Crippen molar-refractivity contribution in [3.63, 3.8) is 0 Å². The number of anilines is 3. The highest BCUT2D eigenvalue weighted by atomic mass is 16.5. The van der Waals surface area contributed by atoms with Gasteiger partial charge in [0, 0.05) is 6.42 Å². The van der Waals surface area contributed by atoms with Crippen LogP contribution in [0.1, 0.15) is 34.1 Å². The zero-order chi connectivity index (χ0) is 17.5. The van der Waals surface area contributed by atoms with Crippen molar-refractivity contribution in [2.24, 2.45) is 5.92 Å². The van der Waals surface area contributed by atoms with Gasteiger partial charge in [0.15, 0.2) is 11.6 Å². The number of benzene rings is 1. The standard InChI is InChI=1S/C18H24N4O2/c1-12(2)11-18(23)20-17-10-9-16(21-22-17)19-14-7-5-6-8-15(14)24-13(3)4/h5-10,12-13H,11H2,1-4H3,(H,19,21)(H,20,22,23). The summed E-state index contributed by atoms with van der Waals surface area (Å²) in [6.07, 6.45) is 0.541. The summed E-state index contributed by atoms with van der Waals surface area (Å²) >= 11 is 0. The van der Waals surface area contributed by atoms with Crippen LogP contribution >= 0.6 is 0 Å². The molecule has 2 N–H and O–H groups in total. The molecule has 0 bridgehead atoms. The molecule has 1 heterocycles. The van der Waals surface area contributed by atoms with Crippen LogP contribution in [0, 0.1) is 5.92 Å². The summed E-state index contributed by atoms with van der Waals surface area (Å²) in [6.45, 7) is 7.94. The number of nitrogens with zero attached hydrogens (tertiary/aromatic N) is 2. The molecule has 0 spiro atoms. The highest BCUT2D eigenvalue weighted by Gasteiger charge is 2.08. The second kappa shape index (κ2) is 8.29. The molecule has 128 valence electrons. The Balaban J connectivity index is 2.03. The van der Waals surface area contributed by atoms with Gasteiger partial charge in [-0.15, -0.1) is 10.2 Å². The second-order valence-corrected chi connectivity index (χ2v) is 6.24. The molecule has 0 saturated carbocycles. The van der Waals surface area contributed by atoms with Gasteiger partial charge in [-0.2, -0.15) is 0 Å². The molecule has 24 heavy (non-hydrogen) atoms. The van der Waals surface area contributed by atoms with Crippen LogP contribution < -0.4 is 15.4 Å². The lowest BCUT2D eigenvalue weighted by Gasteiger charge is -2.15. The van der Waals surface area contributed by atoms with Gasteiger partial charge in [-0.1, -0.05) is 26.0 Å². The van der Waals surface area contributed by atoms with Gasteiger partial charge < -0.3 is 15.4 Å². The van der Waals surface area contributed by atoms with Crippen LogP contribution in [0.15, 0.2) is 36.4 Å². The Morgan fingerprint density at radius 3 is 2.33 bits per heavy atom. The molecular weight excluding hydrogens is 304 g/mol. The first kappa shape index (κ1) is 17.7. The lowest BCUT2D eigenvalue weighted by atomic mass is 10.1. The number of hydrogen-bond donors (Lipinski definition) is 2. The van der Waals surface area contributed by atoms with E-state index in [1.165, 1.54) is 0 Å². The summed E-state index contributed by atoms with van der Waals surface area (Å²) in [7, 11) is 0. The number of ether oxygens (including phenoxy) is 1. The maximum atomic E-state index is 11.7. The minimum Gasteiger partial charge on any atom is -0.489 e. The monoisotopic (exact) mass is 328 g/mol. The lowest BCUT2D eigenvalue weighted by molar-refractivity contribution is -0.116. The molecule has 0 unspecified atom stereocenters. The molecular formula is C18H24N4O2. The highest BCUT2D eigenvalue weighted by Crippen LogP contribution is 2.27. The average molecular weight is 328 g/mol. The van der Waals surface area contributed by atoms with Gasteiger partial charge in [-0.25, -0.2) is 0 Å². The van der Waals surface area contributed by atoms with Crippen LogP contribution in [-0.2, 0) is 4.79 Å². The Morgan fingerprint density at radius 2 is 1.71 bits per heavy atom. The van der Waals surface area contributed by atoms with Gasteiger partial charge in [-0.05, 0) is 44.0 Å². The van der Waals surface area contributed by atoms with Crippen LogP contribution in [-0.4, -0.2) is 22.2 Å². The smallest absolute Gasteiger partial charge is 0.225 e. The summed E-state index contributed by atoms with van der Waals surface area (Å²) in [5.41, 5.74) is 0.817. The van der Waals surface area contributed by atoms with Crippen molar-refractivity contribution in [3.05, 3.63) is 36.4 Å². The van der Waals surface area contributed by atoms with Gasteiger partial charge >= 0.3 is 0 Å². The molecule has 0 atom stereocenters. The van der Waals surface area contributed by atoms with Gasteiger partial charge in [-0.3, -0.25) is 4.79 Å². The molecule has 6 nitrogen and oxygen atoms in total. The SMILES string of the molecule is CC(C)CC(=O)Nc1ccc(Nc2ccccc2OC(C)C)nn1. The third-order valence-electron chi connectivity index (χ3n) is 3.04. The Kier molecular flexibility index (Phi) is 6.12. The van der Waals surface area contributed by atoms with Crippen LogP contribution in [0.25, 0.3) is 0 Å². The van der Waals surface area contributed by atoms with Gasteiger partial charge in [0.25, 0.3) is 0 Å². The zero-order valence-corrected chi connectivity index (χ0v) is 14.5. The molecule has 2 aromatic rings. The largest absolute Gasteiger partial charge is 0.489 e. The number of rotatable bonds is 7. The fourth-order valence-electron chi connectivity index (χ4n) is 2.09. The maximum Gasteiger partial charge on any atom is 0.225 e. The Morgan fingerprint density at radius 1 is 1.04 bits per heavy atom. The molecule has 1 aromatic carbocycles. The third-order valence-corrected chi connectivity index (χ3v) is 3.04. The molecule has 0 radical (unpaired) electrons. The maximum absolute atomic E-state index is 11.7. The van der Waals surface area contributed by atoms with E-state index in [-0.39, 0.29) is 12.0 Å². The quantitative estimate of drug-likeness (QED) is 0.803. The Bertz CT molecular complexity index is 669. The summed E-state index contributed by atoms with van der Waals surface area (Å²) in [6, 6.07) is 11.1. The van der Waals surface area contributed by atoms with Crippen molar-refractivity contribution in [2.75, 3.05) is 10.6 Å². The molecule has 1 amide bonds. The molecule has 0 aliphatic rings. The van der Waals surface area contributed by atoms with Crippen molar-refractivity contribution < 1.29 is 9.53 Å². The van der Waals surface area contributed by atoms with Crippen LogP contribution in [0.2, 0.25) is 0 Å². The minimum absolute atomic E-state index is 0.0595. The molecule has 0 fully saturated rings. The number of amides is 1. The van der Waals surface area contributed by atoms with Crippen molar-refractivity contribution >= 4 is 23.2 Å². The Labute approximate surface area is 142 Å². The Hall–Kier alpha value is -2.63. The van der Waals surface area contributed by atoms with E-state index in [9.17, 15) is 4.79 Å². The predicted octanol–water partition coefficient (Wildman–Crippen LogP) is 3.99. The van der Waals surface area contributed by atoms with E-state index in [0.29, 0.717) is 24.0 Å². The first-order valence-electron chi connectivity index (χ1n) is 8.10. The summed E-state index contributed by atoms with van der Waals surface area (Å²) in [5.74, 6) is 2.02. The number of aromatic nitrogens is 2. The summed E-state index contributed by atoms with van der Waals surface area (Å²) in [5, 5.41) is 14.0. The molecule has 1 aromatic heterocycles. The molecule has 2 rings (SSSR count). The van der Waals surface area contributed by atoms with Crippen molar-refractivity contribution in [3.8, 4) is 5.75 Å². The van der Waals surface area contributed by atoms with E-state index in [1.54, 1.807) is 12.1 Å². The van der Waals surface area contributed by atoms with E-state index in [2.05, 4.69) is 20.8 Å². The number of carbonyl (C=O) groups is 1. The highest BCUT2D eigenvalue weighted by molar-refractivity contribution is 5.89.